The van der Waals surface area contributed by atoms with Crippen molar-refractivity contribution in [2.75, 3.05) is 12.4 Å². The van der Waals surface area contributed by atoms with Crippen molar-refractivity contribution in [1.29, 1.82) is 0 Å². The molecule has 3 heterocycles. The molecular formula is C13H10BrNO2S2. The monoisotopic (exact) mass is 355 g/mol. The Morgan fingerprint density at radius 3 is 3.21 bits per heavy atom. The molecule has 1 aromatic heterocycles. The summed E-state index contributed by atoms with van der Waals surface area (Å²) in [4.78, 5) is 15.8. The number of aromatic amines is 1. The Balaban J connectivity index is 1.94. The van der Waals surface area contributed by atoms with Crippen LogP contribution in [0.25, 0.3) is 0 Å². The zero-order valence-electron chi connectivity index (χ0n) is 9.81. The number of thiazole rings is 1. The third-order valence-electron chi connectivity index (χ3n) is 3.60. The minimum absolute atomic E-state index is 0.0428. The zero-order valence-corrected chi connectivity index (χ0v) is 13.0. The highest BCUT2D eigenvalue weighted by atomic mass is 79.9. The first-order valence-corrected chi connectivity index (χ1v) is 8.60. The predicted octanol–water partition coefficient (Wildman–Crippen LogP) is 3.45. The molecule has 19 heavy (non-hydrogen) atoms. The first-order chi connectivity index (χ1) is 9.22. The molecule has 2 atom stereocenters. The highest BCUT2D eigenvalue weighted by Crippen LogP contribution is 2.50. The molecular weight excluding hydrogens is 346 g/mol. The molecule has 3 nitrogen and oxygen atoms in total. The van der Waals surface area contributed by atoms with Crippen molar-refractivity contribution in [3.63, 3.8) is 0 Å². The van der Waals surface area contributed by atoms with E-state index in [1.165, 1.54) is 21.8 Å². The molecule has 4 rings (SSSR count). The summed E-state index contributed by atoms with van der Waals surface area (Å²) in [6, 6.07) is 6.12. The van der Waals surface area contributed by atoms with Gasteiger partial charge in [-0.05, 0) is 18.2 Å². The van der Waals surface area contributed by atoms with Crippen molar-refractivity contribution in [2.45, 2.75) is 10.9 Å². The van der Waals surface area contributed by atoms with E-state index in [4.69, 9.17) is 4.74 Å². The average molecular weight is 356 g/mol. The number of nitrogens with one attached hydrogen (secondary N) is 1. The van der Waals surface area contributed by atoms with Crippen molar-refractivity contribution in [3.05, 3.63) is 42.8 Å². The third-order valence-corrected chi connectivity index (χ3v) is 6.39. The Morgan fingerprint density at radius 2 is 2.32 bits per heavy atom. The lowest BCUT2D eigenvalue weighted by atomic mass is 9.84. The first-order valence-electron chi connectivity index (χ1n) is 6.00. The normalized spacial score (nSPS) is 24.1. The van der Waals surface area contributed by atoms with E-state index in [1.54, 1.807) is 11.8 Å². The molecule has 1 aromatic carbocycles. The number of halogens is 1. The van der Waals surface area contributed by atoms with Gasteiger partial charge in [0.2, 0.25) is 0 Å². The molecule has 0 saturated heterocycles. The Bertz CT molecular complexity index is 709. The fraction of sp³-hybridized carbons (Fsp3) is 0.308. The topological polar surface area (TPSA) is 42.1 Å². The van der Waals surface area contributed by atoms with Gasteiger partial charge in [-0.3, -0.25) is 4.79 Å². The Hall–Kier alpha value is -0.720. The summed E-state index contributed by atoms with van der Waals surface area (Å²) >= 11 is 6.60. The number of H-pyrrole nitrogens is 1. The Morgan fingerprint density at radius 1 is 1.42 bits per heavy atom. The predicted molar refractivity (Wildman–Crippen MR) is 80.6 cm³/mol. The van der Waals surface area contributed by atoms with Gasteiger partial charge in [-0.1, -0.05) is 27.3 Å². The van der Waals surface area contributed by atoms with Crippen LogP contribution in [-0.2, 0) is 0 Å². The summed E-state index contributed by atoms with van der Waals surface area (Å²) in [5.74, 6) is 2.69. The van der Waals surface area contributed by atoms with Crippen molar-refractivity contribution in [2.24, 2.45) is 5.92 Å². The van der Waals surface area contributed by atoms with Gasteiger partial charge in [0.15, 0.2) is 0 Å². The van der Waals surface area contributed by atoms with Gasteiger partial charge < -0.3 is 9.72 Å². The number of ether oxygens (including phenoxy) is 1. The number of fused-ring (bicyclic) bond motifs is 5. The second kappa shape index (κ2) is 4.40. The molecule has 0 unspecified atom stereocenters. The number of benzene rings is 1. The Kier molecular flexibility index (Phi) is 2.79. The fourth-order valence-electron chi connectivity index (χ4n) is 2.77. The quantitative estimate of drug-likeness (QED) is 0.786. The van der Waals surface area contributed by atoms with E-state index in [2.05, 4.69) is 27.0 Å². The van der Waals surface area contributed by atoms with Crippen molar-refractivity contribution >= 4 is 39.0 Å². The van der Waals surface area contributed by atoms with Crippen LogP contribution in [0.15, 0.2) is 32.5 Å². The number of hydrogen-bond donors (Lipinski definition) is 1. The highest BCUT2D eigenvalue weighted by molar-refractivity contribution is 9.10. The van der Waals surface area contributed by atoms with E-state index in [0.717, 1.165) is 27.6 Å². The van der Waals surface area contributed by atoms with Crippen LogP contribution in [0.5, 0.6) is 5.75 Å². The van der Waals surface area contributed by atoms with Crippen molar-refractivity contribution in [1.82, 2.24) is 4.98 Å². The molecule has 0 radical (unpaired) electrons. The van der Waals surface area contributed by atoms with E-state index in [1.807, 2.05) is 12.1 Å². The summed E-state index contributed by atoms with van der Waals surface area (Å²) in [5.41, 5.74) is 1.20. The van der Waals surface area contributed by atoms with Crippen LogP contribution >= 0.6 is 39.0 Å². The molecule has 6 heteroatoms. The van der Waals surface area contributed by atoms with Gasteiger partial charge in [-0.15, -0.1) is 11.8 Å². The van der Waals surface area contributed by atoms with E-state index in [0.29, 0.717) is 11.8 Å². The maximum Gasteiger partial charge on any atom is 0.305 e. The zero-order chi connectivity index (χ0) is 13.0. The highest BCUT2D eigenvalue weighted by Gasteiger charge is 2.38. The van der Waals surface area contributed by atoms with Gasteiger partial charge in [0.05, 0.1) is 11.6 Å². The standard InChI is InChI=1S/C13H10BrNO2S2/c14-7-1-2-9-8(3-7)10-6(4-17-9)5-18-12-11(10)19-13(16)15-12/h1-3,6,10H,4-5H2,(H,15,16)/t6-,10-/m1/s1. The van der Waals surface area contributed by atoms with Gasteiger partial charge in [0.1, 0.15) is 5.75 Å². The smallest absolute Gasteiger partial charge is 0.305 e. The number of aromatic nitrogens is 1. The minimum atomic E-state index is 0.0428. The molecule has 0 amide bonds. The fourth-order valence-corrected chi connectivity index (χ4v) is 5.56. The molecule has 0 aliphatic carbocycles. The maximum atomic E-state index is 11.6. The van der Waals surface area contributed by atoms with Crippen LogP contribution in [0, 0.1) is 5.92 Å². The molecule has 1 N–H and O–H groups in total. The number of hydrogen-bond acceptors (Lipinski definition) is 4. The SMILES string of the molecule is O=c1[nH]c2c(s1)[C@H]1c3cc(Br)ccc3OC[C@@H]1CS2. The van der Waals surface area contributed by atoms with Crippen molar-refractivity contribution in [3.8, 4) is 5.75 Å². The lowest BCUT2D eigenvalue weighted by Crippen LogP contribution is -2.30. The molecule has 2 aliphatic heterocycles. The van der Waals surface area contributed by atoms with Gasteiger partial charge in [-0.2, -0.15) is 0 Å². The third kappa shape index (κ3) is 1.88. The second-order valence-corrected chi connectivity index (χ2v) is 7.71. The van der Waals surface area contributed by atoms with E-state index >= 15 is 0 Å². The van der Waals surface area contributed by atoms with Gasteiger partial charge in [-0.25, -0.2) is 0 Å². The van der Waals surface area contributed by atoms with Gasteiger partial charge in [0.25, 0.3) is 0 Å². The molecule has 2 aliphatic rings. The van der Waals surface area contributed by atoms with Crippen LogP contribution in [-0.4, -0.2) is 17.3 Å². The maximum absolute atomic E-state index is 11.6. The first kappa shape index (κ1) is 12.1. The molecule has 2 aromatic rings. The number of thioether (sulfide) groups is 1. The summed E-state index contributed by atoms with van der Waals surface area (Å²) in [7, 11) is 0. The molecule has 0 spiro atoms. The molecule has 0 bridgehead atoms. The van der Waals surface area contributed by atoms with Crippen LogP contribution in [0.2, 0.25) is 0 Å². The van der Waals surface area contributed by atoms with Crippen LogP contribution in [0.4, 0.5) is 0 Å². The summed E-state index contributed by atoms with van der Waals surface area (Å²) in [5, 5.41) is 1.05. The van der Waals surface area contributed by atoms with E-state index in [-0.39, 0.29) is 4.87 Å². The van der Waals surface area contributed by atoms with Crippen LogP contribution < -0.4 is 9.61 Å². The van der Waals surface area contributed by atoms with Crippen molar-refractivity contribution < 1.29 is 4.74 Å². The summed E-state index contributed by atoms with van der Waals surface area (Å²) in [6.07, 6.45) is 0. The Labute approximate surface area is 126 Å². The average Bonchev–Trinajstić information content (AvgIpc) is 2.78. The van der Waals surface area contributed by atoms with Crippen LogP contribution in [0.1, 0.15) is 16.4 Å². The largest absolute Gasteiger partial charge is 0.493 e. The molecule has 0 fully saturated rings. The van der Waals surface area contributed by atoms with Crippen LogP contribution in [0.3, 0.4) is 0 Å². The van der Waals surface area contributed by atoms with Gasteiger partial charge in [0, 0.05) is 32.5 Å². The minimum Gasteiger partial charge on any atom is -0.493 e. The lowest BCUT2D eigenvalue weighted by molar-refractivity contribution is 0.219. The summed E-state index contributed by atoms with van der Waals surface area (Å²) < 4.78 is 6.91. The summed E-state index contributed by atoms with van der Waals surface area (Å²) in [6.45, 7) is 0.734. The van der Waals surface area contributed by atoms with E-state index < -0.39 is 0 Å². The molecule has 0 saturated carbocycles. The molecule has 98 valence electrons. The lowest BCUT2D eigenvalue weighted by Gasteiger charge is -2.36. The second-order valence-electron chi connectivity index (χ2n) is 4.75. The van der Waals surface area contributed by atoms with Gasteiger partial charge >= 0.3 is 4.87 Å². The number of rotatable bonds is 0. The van der Waals surface area contributed by atoms with E-state index in [9.17, 15) is 4.79 Å².